The smallest absolute Gasteiger partial charge is 0.174 e. The Balaban J connectivity index is 2.42. The maximum absolute atomic E-state index is 5.31. The third kappa shape index (κ3) is 2.44. The first-order valence-electron chi connectivity index (χ1n) is 5.72. The molecule has 0 aliphatic rings. The highest BCUT2D eigenvalue weighted by Gasteiger charge is 2.18. The van der Waals surface area contributed by atoms with Crippen molar-refractivity contribution in [1.82, 2.24) is 5.32 Å². The van der Waals surface area contributed by atoms with Crippen LogP contribution in [0.2, 0.25) is 0 Å². The van der Waals surface area contributed by atoms with Crippen LogP contribution in [-0.2, 0) is 0 Å². The Morgan fingerprint density at radius 3 is 2.56 bits per heavy atom. The average Bonchev–Trinajstić information content (AvgIpc) is 2.78. The van der Waals surface area contributed by atoms with Crippen molar-refractivity contribution in [3.05, 3.63) is 51.9 Å². The van der Waals surface area contributed by atoms with Crippen molar-refractivity contribution in [3.8, 4) is 5.75 Å². The zero-order valence-electron chi connectivity index (χ0n) is 10.7. The number of rotatable bonds is 4. The van der Waals surface area contributed by atoms with Gasteiger partial charge in [0.25, 0.3) is 0 Å². The lowest BCUT2D eigenvalue weighted by atomic mass is 9.97. The lowest BCUT2D eigenvalue weighted by Gasteiger charge is -2.18. The standard InChI is InChI=1S/C14H16BrNO2/c1-9-8-10(17-3)4-5-11(9)13(16-2)12-6-7-18-14(12)15/h4-8,13,16H,1-3H3. The molecule has 0 saturated heterocycles. The fraction of sp³-hybridized carbons (Fsp3) is 0.286. The van der Waals surface area contributed by atoms with E-state index in [0.717, 1.165) is 16.0 Å². The number of halogens is 1. The Morgan fingerprint density at radius 1 is 1.28 bits per heavy atom. The fourth-order valence-corrected chi connectivity index (χ4v) is 2.56. The van der Waals surface area contributed by atoms with Gasteiger partial charge < -0.3 is 14.5 Å². The van der Waals surface area contributed by atoms with E-state index in [9.17, 15) is 0 Å². The second-order valence-electron chi connectivity index (χ2n) is 4.09. The van der Waals surface area contributed by atoms with Gasteiger partial charge in [-0.3, -0.25) is 0 Å². The number of aryl methyl sites for hydroxylation is 1. The monoisotopic (exact) mass is 309 g/mol. The van der Waals surface area contributed by atoms with Crippen molar-refractivity contribution in [2.75, 3.05) is 14.2 Å². The van der Waals surface area contributed by atoms with Crippen LogP contribution in [0.3, 0.4) is 0 Å². The van der Waals surface area contributed by atoms with E-state index in [1.54, 1.807) is 13.4 Å². The lowest BCUT2D eigenvalue weighted by molar-refractivity contribution is 0.414. The highest BCUT2D eigenvalue weighted by Crippen LogP contribution is 2.32. The van der Waals surface area contributed by atoms with E-state index in [1.165, 1.54) is 11.1 Å². The second-order valence-corrected chi connectivity index (χ2v) is 4.81. The minimum Gasteiger partial charge on any atom is -0.497 e. The van der Waals surface area contributed by atoms with Crippen molar-refractivity contribution in [2.24, 2.45) is 0 Å². The van der Waals surface area contributed by atoms with E-state index in [4.69, 9.17) is 9.15 Å². The molecule has 1 heterocycles. The molecule has 0 amide bonds. The molecule has 1 aromatic heterocycles. The van der Waals surface area contributed by atoms with Crippen molar-refractivity contribution in [3.63, 3.8) is 0 Å². The molecule has 0 fully saturated rings. The Bertz CT molecular complexity index is 536. The van der Waals surface area contributed by atoms with Gasteiger partial charge in [-0.1, -0.05) is 6.07 Å². The molecular formula is C14H16BrNO2. The van der Waals surface area contributed by atoms with Gasteiger partial charge in [-0.05, 0) is 59.2 Å². The summed E-state index contributed by atoms with van der Waals surface area (Å²) in [7, 11) is 3.62. The molecule has 1 unspecified atom stereocenters. The number of methoxy groups -OCH3 is 1. The van der Waals surface area contributed by atoms with Gasteiger partial charge in [0.05, 0.1) is 19.4 Å². The third-order valence-corrected chi connectivity index (χ3v) is 3.68. The van der Waals surface area contributed by atoms with Crippen LogP contribution in [0.25, 0.3) is 0 Å². The molecule has 0 bridgehead atoms. The SMILES string of the molecule is CNC(c1ccc(OC)cc1C)c1ccoc1Br. The van der Waals surface area contributed by atoms with Gasteiger partial charge in [-0.15, -0.1) is 0 Å². The first kappa shape index (κ1) is 13.2. The van der Waals surface area contributed by atoms with E-state index in [0.29, 0.717) is 0 Å². The van der Waals surface area contributed by atoms with Crippen LogP contribution in [0.4, 0.5) is 0 Å². The molecule has 96 valence electrons. The minimum atomic E-state index is 0.101. The van der Waals surface area contributed by atoms with Gasteiger partial charge in [0, 0.05) is 5.56 Å². The van der Waals surface area contributed by atoms with Gasteiger partial charge in [0.1, 0.15) is 5.75 Å². The quantitative estimate of drug-likeness (QED) is 0.935. The summed E-state index contributed by atoms with van der Waals surface area (Å²) in [6.45, 7) is 2.08. The summed E-state index contributed by atoms with van der Waals surface area (Å²) in [4.78, 5) is 0. The number of hydrogen-bond donors (Lipinski definition) is 1. The number of hydrogen-bond acceptors (Lipinski definition) is 3. The molecule has 0 aliphatic carbocycles. The van der Waals surface area contributed by atoms with Gasteiger partial charge in [0.15, 0.2) is 4.67 Å². The molecule has 0 saturated carbocycles. The van der Waals surface area contributed by atoms with Gasteiger partial charge >= 0.3 is 0 Å². The number of ether oxygens (including phenoxy) is 1. The van der Waals surface area contributed by atoms with E-state index < -0.39 is 0 Å². The fourth-order valence-electron chi connectivity index (χ4n) is 2.09. The predicted molar refractivity (Wildman–Crippen MR) is 75.0 cm³/mol. The van der Waals surface area contributed by atoms with E-state index in [1.807, 2.05) is 25.2 Å². The highest BCUT2D eigenvalue weighted by atomic mass is 79.9. The number of benzene rings is 1. The van der Waals surface area contributed by atoms with Crippen molar-refractivity contribution in [1.29, 1.82) is 0 Å². The van der Waals surface area contributed by atoms with Gasteiger partial charge in [-0.2, -0.15) is 0 Å². The molecule has 2 rings (SSSR count). The summed E-state index contributed by atoms with van der Waals surface area (Å²) in [5.41, 5.74) is 3.48. The van der Waals surface area contributed by atoms with Crippen LogP contribution in [0.1, 0.15) is 22.7 Å². The average molecular weight is 310 g/mol. The topological polar surface area (TPSA) is 34.4 Å². The summed E-state index contributed by atoms with van der Waals surface area (Å²) < 4.78 is 11.3. The third-order valence-electron chi connectivity index (χ3n) is 3.03. The van der Waals surface area contributed by atoms with E-state index >= 15 is 0 Å². The normalized spacial score (nSPS) is 12.4. The molecule has 4 heteroatoms. The molecule has 0 radical (unpaired) electrons. The first-order chi connectivity index (χ1) is 8.67. The van der Waals surface area contributed by atoms with Crippen molar-refractivity contribution >= 4 is 15.9 Å². The molecule has 1 atom stereocenters. The van der Waals surface area contributed by atoms with E-state index in [-0.39, 0.29) is 6.04 Å². The summed E-state index contributed by atoms with van der Waals surface area (Å²) in [5.74, 6) is 0.873. The maximum atomic E-state index is 5.31. The van der Waals surface area contributed by atoms with Gasteiger partial charge in [-0.25, -0.2) is 0 Å². The molecule has 2 aromatic rings. The summed E-state index contributed by atoms with van der Waals surface area (Å²) in [5, 5.41) is 3.31. The molecule has 18 heavy (non-hydrogen) atoms. The minimum absolute atomic E-state index is 0.101. The zero-order chi connectivity index (χ0) is 13.1. The highest BCUT2D eigenvalue weighted by molar-refractivity contribution is 9.10. The zero-order valence-corrected chi connectivity index (χ0v) is 12.2. The molecule has 1 N–H and O–H groups in total. The van der Waals surface area contributed by atoms with Crippen LogP contribution in [-0.4, -0.2) is 14.2 Å². The Hall–Kier alpha value is -1.26. The Kier molecular flexibility index (Phi) is 4.09. The number of furan rings is 1. The van der Waals surface area contributed by atoms with Gasteiger partial charge in [0.2, 0.25) is 0 Å². The number of nitrogens with one attached hydrogen (secondary N) is 1. The predicted octanol–water partition coefficient (Wildman–Crippen LogP) is 3.67. The van der Waals surface area contributed by atoms with Crippen LogP contribution in [0, 0.1) is 6.92 Å². The molecule has 0 spiro atoms. The van der Waals surface area contributed by atoms with Crippen molar-refractivity contribution < 1.29 is 9.15 Å². The van der Waals surface area contributed by atoms with Crippen LogP contribution in [0.5, 0.6) is 5.75 Å². The van der Waals surface area contributed by atoms with Crippen LogP contribution in [0.15, 0.2) is 39.6 Å². The summed E-state index contributed by atoms with van der Waals surface area (Å²) in [6.07, 6.45) is 1.68. The Morgan fingerprint density at radius 2 is 2.06 bits per heavy atom. The van der Waals surface area contributed by atoms with E-state index in [2.05, 4.69) is 34.2 Å². The van der Waals surface area contributed by atoms with Crippen molar-refractivity contribution in [2.45, 2.75) is 13.0 Å². The molecule has 3 nitrogen and oxygen atoms in total. The summed E-state index contributed by atoms with van der Waals surface area (Å²) >= 11 is 3.43. The largest absolute Gasteiger partial charge is 0.497 e. The molecule has 0 aliphatic heterocycles. The lowest BCUT2D eigenvalue weighted by Crippen LogP contribution is -2.18. The maximum Gasteiger partial charge on any atom is 0.174 e. The molecular weight excluding hydrogens is 294 g/mol. The first-order valence-corrected chi connectivity index (χ1v) is 6.51. The van der Waals surface area contributed by atoms with Crippen LogP contribution >= 0.6 is 15.9 Å². The summed E-state index contributed by atoms with van der Waals surface area (Å²) in [6, 6.07) is 8.15. The van der Waals surface area contributed by atoms with Crippen LogP contribution < -0.4 is 10.1 Å². The Labute approximate surface area is 115 Å². The molecule has 1 aromatic carbocycles. The second kappa shape index (κ2) is 5.59.